The molecule has 0 aliphatic heterocycles. The SMILES string of the molecule is Cc1cc(NC(=O)N(Cc2ccc(C(=O)NCC(F)(F)C(=O)O)cc2)c2ccc(C3=CCCCC3)cc2)cc(C(F)(F)F)c1. The van der Waals surface area contributed by atoms with Crippen molar-refractivity contribution in [1.82, 2.24) is 5.32 Å². The van der Waals surface area contributed by atoms with Gasteiger partial charge in [0.1, 0.15) is 0 Å². The van der Waals surface area contributed by atoms with Crippen LogP contribution in [-0.4, -0.2) is 35.5 Å². The van der Waals surface area contributed by atoms with Crippen molar-refractivity contribution in [2.24, 2.45) is 0 Å². The van der Waals surface area contributed by atoms with Crippen LogP contribution in [0.15, 0.2) is 72.8 Å². The predicted molar refractivity (Wildman–Crippen MR) is 156 cm³/mol. The maximum absolute atomic E-state index is 13.5. The highest BCUT2D eigenvalue weighted by Gasteiger charge is 2.39. The van der Waals surface area contributed by atoms with Gasteiger partial charge in [-0.25, -0.2) is 9.59 Å². The van der Waals surface area contributed by atoms with Gasteiger partial charge in [-0.3, -0.25) is 9.69 Å². The molecular weight excluding hydrogens is 585 g/mol. The van der Waals surface area contributed by atoms with Gasteiger partial charge < -0.3 is 15.7 Å². The lowest BCUT2D eigenvalue weighted by molar-refractivity contribution is -0.163. The van der Waals surface area contributed by atoms with Crippen LogP contribution in [-0.2, 0) is 17.5 Å². The van der Waals surface area contributed by atoms with Gasteiger partial charge >= 0.3 is 24.1 Å². The number of nitrogens with one attached hydrogen (secondary N) is 2. The molecule has 0 spiro atoms. The number of carboxylic acids is 1. The standard InChI is InChI=1S/C32H30F5N3O4/c1-20-15-25(32(35,36)37)17-26(16-20)39-30(44)40(27-13-11-23(12-14-27)22-5-3-2-4-6-22)18-21-7-9-24(10-8-21)28(41)38-19-31(33,34)29(42)43/h5,7-17H,2-4,6,18-19H2,1H3,(H,38,41)(H,39,44)(H,42,43). The van der Waals surface area contributed by atoms with E-state index in [0.717, 1.165) is 43.4 Å². The molecule has 7 nitrogen and oxygen atoms in total. The zero-order chi connectivity index (χ0) is 32.1. The Morgan fingerprint density at radius 1 is 0.909 bits per heavy atom. The van der Waals surface area contributed by atoms with Gasteiger partial charge in [-0.15, -0.1) is 0 Å². The Morgan fingerprint density at radius 2 is 1.59 bits per heavy atom. The molecule has 3 N–H and O–H groups in total. The zero-order valence-corrected chi connectivity index (χ0v) is 23.7. The molecule has 0 aromatic heterocycles. The average Bonchev–Trinajstić information content (AvgIpc) is 2.98. The van der Waals surface area contributed by atoms with Crippen LogP contribution < -0.4 is 15.5 Å². The van der Waals surface area contributed by atoms with Crippen LogP contribution in [0.25, 0.3) is 5.57 Å². The van der Waals surface area contributed by atoms with Crippen LogP contribution in [0.4, 0.5) is 38.1 Å². The summed E-state index contributed by atoms with van der Waals surface area (Å²) in [4.78, 5) is 37.7. The van der Waals surface area contributed by atoms with Gasteiger partial charge in [0.2, 0.25) is 0 Å². The van der Waals surface area contributed by atoms with E-state index in [0.29, 0.717) is 16.8 Å². The number of hydrogen-bond acceptors (Lipinski definition) is 3. The number of carboxylic acid groups (broad SMARTS) is 1. The maximum atomic E-state index is 13.5. The van der Waals surface area contributed by atoms with Gasteiger partial charge in [-0.1, -0.05) is 30.3 Å². The molecule has 44 heavy (non-hydrogen) atoms. The van der Waals surface area contributed by atoms with Gasteiger partial charge in [0.25, 0.3) is 5.91 Å². The fourth-order valence-corrected chi connectivity index (χ4v) is 4.76. The number of alkyl halides is 5. The number of carbonyl (C=O) groups is 3. The normalized spacial score (nSPS) is 13.5. The average molecular weight is 616 g/mol. The van der Waals surface area contributed by atoms with Crippen LogP contribution in [0.2, 0.25) is 0 Å². The number of amides is 3. The lowest BCUT2D eigenvalue weighted by atomic mass is 9.93. The van der Waals surface area contributed by atoms with Gasteiger partial charge in [0, 0.05) is 16.9 Å². The van der Waals surface area contributed by atoms with Gasteiger partial charge in [0.05, 0.1) is 18.7 Å². The first-order valence-electron chi connectivity index (χ1n) is 13.8. The number of rotatable bonds is 9. The molecule has 3 aromatic rings. The fourth-order valence-electron chi connectivity index (χ4n) is 4.76. The summed E-state index contributed by atoms with van der Waals surface area (Å²) in [6.07, 6.45) is 1.70. The van der Waals surface area contributed by atoms with Crippen molar-refractivity contribution in [2.45, 2.75) is 51.3 Å². The second-order valence-corrected chi connectivity index (χ2v) is 10.5. The smallest absolute Gasteiger partial charge is 0.416 e. The van der Waals surface area contributed by atoms with E-state index < -0.39 is 42.1 Å². The van der Waals surface area contributed by atoms with Crippen LogP contribution in [0.3, 0.4) is 0 Å². The number of nitrogens with zero attached hydrogens (tertiary/aromatic N) is 1. The molecule has 0 bridgehead atoms. The first kappa shape index (κ1) is 32.2. The van der Waals surface area contributed by atoms with E-state index >= 15 is 0 Å². The maximum Gasteiger partial charge on any atom is 0.416 e. The van der Waals surface area contributed by atoms with Crippen LogP contribution in [0.5, 0.6) is 0 Å². The summed E-state index contributed by atoms with van der Waals surface area (Å²) in [5, 5.41) is 13.0. The highest BCUT2D eigenvalue weighted by molar-refractivity contribution is 6.02. The monoisotopic (exact) mass is 615 g/mol. The molecule has 0 saturated heterocycles. The molecule has 0 fully saturated rings. The van der Waals surface area contributed by atoms with Crippen molar-refractivity contribution in [3.8, 4) is 0 Å². The van der Waals surface area contributed by atoms with E-state index in [4.69, 9.17) is 5.11 Å². The second kappa shape index (κ2) is 13.3. The minimum absolute atomic E-state index is 0.0181. The van der Waals surface area contributed by atoms with Crippen LogP contribution in [0, 0.1) is 6.92 Å². The van der Waals surface area contributed by atoms with Crippen molar-refractivity contribution in [3.05, 3.63) is 101 Å². The minimum atomic E-state index is -4.60. The molecule has 3 aromatic carbocycles. The first-order chi connectivity index (χ1) is 20.7. The van der Waals surface area contributed by atoms with E-state index in [9.17, 15) is 36.3 Å². The topological polar surface area (TPSA) is 98.7 Å². The third-order valence-electron chi connectivity index (χ3n) is 7.08. The minimum Gasteiger partial charge on any atom is -0.477 e. The third-order valence-corrected chi connectivity index (χ3v) is 7.08. The van der Waals surface area contributed by atoms with Gasteiger partial charge in [-0.05, 0) is 97.3 Å². The molecule has 0 radical (unpaired) electrons. The van der Waals surface area contributed by atoms with Crippen molar-refractivity contribution in [2.75, 3.05) is 16.8 Å². The molecule has 0 heterocycles. The number of anilines is 2. The molecule has 12 heteroatoms. The number of halogens is 5. The molecule has 0 atom stereocenters. The van der Waals surface area contributed by atoms with E-state index in [1.807, 2.05) is 17.4 Å². The number of aryl methyl sites for hydroxylation is 1. The first-order valence-corrected chi connectivity index (χ1v) is 13.8. The Bertz CT molecular complexity index is 1550. The van der Waals surface area contributed by atoms with Crippen LogP contribution in [0.1, 0.15) is 58.3 Å². The molecule has 232 valence electrons. The molecule has 0 saturated carbocycles. The number of urea groups is 1. The summed E-state index contributed by atoms with van der Waals surface area (Å²) < 4.78 is 66.9. The quantitative estimate of drug-likeness (QED) is 0.215. The van der Waals surface area contributed by atoms with E-state index in [-0.39, 0.29) is 17.8 Å². The Morgan fingerprint density at radius 3 is 2.18 bits per heavy atom. The van der Waals surface area contributed by atoms with Crippen molar-refractivity contribution >= 4 is 34.9 Å². The predicted octanol–water partition coefficient (Wildman–Crippen LogP) is 7.66. The number of allylic oxidation sites excluding steroid dienone is 2. The van der Waals surface area contributed by atoms with Crippen LogP contribution >= 0.6 is 0 Å². The Kier molecular flexibility index (Phi) is 9.71. The molecule has 0 unspecified atom stereocenters. The van der Waals surface area contributed by atoms with Crippen molar-refractivity contribution in [3.63, 3.8) is 0 Å². The molecule has 4 rings (SSSR count). The van der Waals surface area contributed by atoms with E-state index in [2.05, 4.69) is 11.4 Å². The zero-order valence-electron chi connectivity index (χ0n) is 23.7. The summed E-state index contributed by atoms with van der Waals surface area (Å²) in [7, 11) is 0. The third kappa shape index (κ3) is 8.21. The molecule has 3 amide bonds. The summed E-state index contributed by atoms with van der Waals surface area (Å²) in [5.74, 6) is -7.42. The summed E-state index contributed by atoms with van der Waals surface area (Å²) in [6.45, 7) is 0.0470. The summed E-state index contributed by atoms with van der Waals surface area (Å²) in [5.41, 5.74) is 2.54. The fraction of sp³-hybridized carbons (Fsp3) is 0.281. The Hall–Kier alpha value is -4.74. The molecule has 1 aliphatic carbocycles. The highest BCUT2D eigenvalue weighted by Crippen LogP contribution is 2.33. The number of benzene rings is 3. The Labute approximate surface area is 250 Å². The second-order valence-electron chi connectivity index (χ2n) is 10.5. The largest absolute Gasteiger partial charge is 0.477 e. The lowest BCUT2D eigenvalue weighted by Crippen LogP contribution is -2.42. The molecule has 1 aliphatic rings. The van der Waals surface area contributed by atoms with Gasteiger partial charge in [0.15, 0.2) is 0 Å². The summed E-state index contributed by atoms with van der Waals surface area (Å²) in [6, 6.07) is 15.4. The van der Waals surface area contributed by atoms with E-state index in [1.54, 1.807) is 12.1 Å². The number of aliphatic carboxylic acids is 1. The number of carbonyl (C=O) groups excluding carboxylic acids is 2. The van der Waals surface area contributed by atoms with E-state index in [1.165, 1.54) is 47.7 Å². The Balaban J connectivity index is 1.57. The van der Waals surface area contributed by atoms with Crippen molar-refractivity contribution < 1.29 is 41.4 Å². The number of hydrogen-bond donors (Lipinski definition) is 3. The summed E-state index contributed by atoms with van der Waals surface area (Å²) >= 11 is 0. The highest BCUT2D eigenvalue weighted by atomic mass is 19.4. The van der Waals surface area contributed by atoms with Crippen molar-refractivity contribution in [1.29, 1.82) is 0 Å². The lowest BCUT2D eigenvalue weighted by Gasteiger charge is -2.25. The molecular formula is C32H30F5N3O4. The van der Waals surface area contributed by atoms with Gasteiger partial charge in [-0.2, -0.15) is 22.0 Å².